The fourth-order valence-corrected chi connectivity index (χ4v) is 5.61. The van der Waals surface area contributed by atoms with E-state index in [1.54, 1.807) is 35.0 Å². The maximum absolute atomic E-state index is 13.1. The fraction of sp³-hybridized carbons (Fsp3) is 0.273. The molecule has 164 valence electrons. The molecule has 10 heteroatoms. The van der Waals surface area contributed by atoms with Gasteiger partial charge in [-0.15, -0.1) is 5.10 Å². The van der Waals surface area contributed by atoms with Gasteiger partial charge in [-0.1, -0.05) is 53.7 Å². The van der Waals surface area contributed by atoms with Crippen molar-refractivity contribution in [3.63, 3.8) is 0 Å². The Labute approximate surface area is 184 Å². The van der Waals surface area contributed by atoms with Crippen LogP contribution in [0.15, 0.2) is 70.4 Å². The second-order valence-corrected chi connectivity index (χ2v) is 9.81. The highest BCUT2D eigenvalue weighted by Gasteiger charge is 2.32. The van der Waals surface area contributed by atoms with Crippen LogP contribution in [-0.4, -0.2) is 50.8 Å². The fourth-order valence-electron chi connectivity index (χ4n) is 4.06. The molecule has 0 saturated carbocycles. The number of nitrogens with zero attached hydrogens (tertiary/aromatic N) is 5. The van der Waals surface area contributed by atoms with Gasteiger partial charge >= 0.3 is 0 Å². The van der Waals surface area contributed by atoms with Crippen molar-refractivity contribution < 1.29 is 8.42 Å². The Morgan fingerprint density at radius 1 is 1.03 bits per heavy atom. The van der Waals surface area contributed by atoms with Gasteiger partial charge in [-0.3, -0.25) is 4.79 Å². The van der Waals surface area contributed by atoms with E-state index >= 15 is 0 Å². The quantitative estimate of drug-likeness (QED) is 0.498. The summed E-state index contributed by atoms with van der Waals surface area (Å²) in [5, 5.41) is 8.10. The summed E-state index contributed by atoms with van der Waals surface area (Å²) in [4.78, 5) is 20.4. The molecular formula is C22H22N6O3S. The molecule has 3 heterocycles. The van der Waals surface area contributed by atoms with Crippen LogP contribution in [0.2, 0.25) is 0 Å². The van der Waals surface area contributed by atoms with Crippen LogP contribution in [0.5, 0.6) is 0 Å². The average molecular weight is 451 g/mol. The summed E-state index contributed by atoms with van der Waals surface area (Å²) in [7, 11) is -3.61. The number of aromatic amines is 1. The lowest BCUT2D eigenvalue weighted by molar-refractivity contribution is 0.309. The third-order valence-electron chi connectivity index (χ3n) is 5.72. The van der Waals surface area contributed by atoms with E-state index in [1.165, 1.54) is 4.31 Å². The highest BCUT2D eigenvalue weighted by Crippen LogP contribution is 2.28. The molecule has 0 radical (unpaired) electrons. The zero-order valence-electron chi connectivity index (χ0n) is 17.3. The number of benzene rings is 2. The van der Waals surface area contributed by atoms with Crippen molar-refractivity contribution in [1.29, 1.82) is 0 Å². The minimum absolute atomic E-state index is 0.175. The summed E-state index contributed by atoms with van der Waals surface area (Å²) in [5.41, 5.74) is 1.22. The van der Waals surface area contributed by atoms with Gasteiger partial charge in [0.15, 0.2) is 11.2 Å². The minimum atomic E-state index is -3.61. The molecule has 0 bridgehead atoms. The molecule has 1 N–H and O–H groups in total. The van der Waals surface area contributed by atoms with Gasteiger partial charge in [0, 0.05) is 19.0 Å². The monoisotopic (exact) mass is 450 g/mol. The number of fused-ring (bicyclic) bond motifs is 1. The van der Waals surface area contributed by atoms with Crippen LogP contribution in [0.4, 0.5) is 0 Å². The van der Waals surface area contributed by atoms with Gasteiger partial charge in [0.1, 0.15) is 5.82 Å². The highest BCUT2D eigenvalue weighted by atomic mass is 32.2. The number of rotatable bonds is 5. The average Bonchev–Trinajstić information content (AvgIpc) is 3.23. The summed E-state index contributed by atoms with van der Waals surface area (Å²) in [6.45, 7) is 1.13. The molecule has 32 heavy (non-hydrogen) atoms. The third kappa shape index (κ3) is 3.82. The van der Waals surface area contributed by atoms with Crippen molar-refractivity contribution in [2.45, 2.75) is 30.2 Å². The lowest BCUT2D eigenvalue weighted by atomic mass is 9.99. The predicted molar refractivity (Wildman–Crippen MR) is 119 cm³/mol. The van der Waals surface area contributed by atoms with Gasteiger partial charge in [-0.2, -0.15) is 4.31 Å². The number of piperidine rings is 1. The van der Waals surface area contributed by atoms with Crippen molar-refractivity contribution in [2.24, 2.45) is 0 Å². The highest BCUT2D eigenvalue weighted by molar-refractivity contribution is 7.89. The first-order valence-electron chi connectivity index (χ1n) is 10.4. The number of hydrogen-bond donors (Lipinski definition) is 1. The van der Waals surface area contributed by atoms with Gasteiger partial charge in [0.05, 0.1) is 11.4 Å². The number of hydrogen-bond acceptors (Lipinski definition) is 6. The Morgan fingerprint density at radius 3 is 2.50 bits per heavy atom. The van der Waals surface area contributed by atoms with E-state index in [0.29, 0.717) is 31.0 Å². The maximum atomic E-state index is 13.1. The second-order valence-electron chi connectivity index (χ2n) is 7.87. The van der Waals surface area contributed by atoms with Gasteiger partial charge < -0.3 is 4.98 Å². The van der Waals surface area contributed by atoms with Crippen molar-refractivity contribution in [1.82, 2.24) is 29.3 Å². The molecule has 1 unspecified atom stereocenters. The molecular weight excluding hydrogens is 428 g/mol. The molecule has 1 aliphatic heterocycles. The molecule has 1 atom stereocenters. The molecule has 1 aliphatic rings. The SMILES string of the molecule is O=c1[nH]c(C2CCCN(S(=O)(=O)c3ccccc3)C2)nc2c1nnn2Cc1ccccc1. The van der Waals surface area contributed by atoms with Gasteiger partial charge in [-0.05, 0) is 30.5 Å². The summed E-state index contributed by atoms with van der Waals surface area (Å²) >= 11 is 0. The van der Waals surface area contributed by atoms with E-state index < -0.39 is 10.0 Å². The molecule has 2 aromatic heterocycles. The summed E-state index contributed by atoms with van der Waals surface area (Å²) in [5.74, 6) is 0.242. The smallest absolute Gasteiger partial charge is 0.281 e. The van der Waals surface area contributed by atoms with Gasteiger partial charge in [0.25, 0.3) is 5.56 Å². The van der Waals surface area contributed by atoms with E-state index in [1.807, 2.05) is 30.3 Å². The Bertz CT molecular complexity index is 1400. The van der Waals surface area contributed by atoms with Crippen LogP contribution in [0.3, 0.4) is 0 Å². The van der Waals surface area contributed by atoms with E-state index in [-0.39, 0.29) is 28.4 Å². The van der Waals surface area contributed by atoms with E-state index in [2.05, 4.69) is 20.3 Å². The van der Waals surface area contributed by atoms with E-state index in [0.717, 1.165) is 12.0 Å². The molecule has 4 aromatic rings. The van der Waals surface area contributed by atoms with Gasteiger partial charge in [-0.25, -0.2) is 18.1 Å². The Balaban J connectivity index is 1.46. The summed E-state index contributed by atoms with van der Waals surface area (Å²) in [6, 6.07) is 18.1. The molecule has 0 aliphatic carbocycles. The number of sulfonamides is 1. The lowest BCUT2D eigenvalue weighted by Crippen LogP contribution is -2.39. The Hall–Kier alpha value is -3.37. The molecule has 2 aromatic carbocycles. The first-order chi connectivity index (χ1) is 15.5. The number of aromatic nitrogens is 5. The standard InChI is InChI=1S/C22H22N6O3S/c29-22-19-21(28(26-25-19)14-16-8-3-1-4-9-16)23-20(24-22)17-10-7-13-27(15-17)32(30,31)18-11-5-2-6-12-18/h1-6,8-9,11-12,17H,7,10,13-15H2,(H,23,24,29). The van der Waals surface area contributed by atoms with Crippen molar-refractivity contribution in [2.75, 3.05) is 13.1 Å². The van der Waals surface area contributed by atoms with Crippen LogP contribution in [0.25, 0.3) is 11.2 Å². The molecule has 5 rings (SSSR count). The summed E-state index contributed by atoms with van der Waals surface area (Å²) in [6.07, 6.45) is 1.41. The van der Waals surface area contributed by atoms with Crippen molar-refractivity contribution in [3.05, 3.63) is 82.4 Å². The zero-order valence-corrected chi connectivity index (χ0v) is 18.1. The van der Waals surface area contributed by atoms with Crippen LogP contribution in [0, 0.1) is 0 Å². The first kappa shape index (κ1) is 20.5. The lowest BCUT2D eigenvalue weighted by Gasteiger charge is -2.31. The largest absolute Gasteiger partial charge is 0.308 e. The van der Waals surface area contributed by atoms with Crippen molar-refractivity contribution in [3.8, 4) is 0 Å². The van der Waals surface area contributed by atoms with Gasteiger partial charge in [0.2, 0.25) is 10.0 Å². The maximum Gasteiger partial charge on any atom is 0.281 e. The normalized spacial score (nSPS) is 17.6. The molecule has 1 fully saturated rings. The molecule has 0 amide bonds. The third-order valence-corrected chi connectivity index (χ3v) is 7.60. The molecule has 0 spiro atoms. The predicted octanol–water partition coefficient (Wildman–Crippen LogP) is 2.13. The topological polar surface area (TPSA) is 114 Å². The molecule has 1 saturated heterocycles. The van der Waals surface area contributed by atoms with Crippen LogP contribution >= 0.6 is 0 Å². The Morgan fingerprint density at radius 2 is 1.75 bits per heavy atom. The first-order valence-corrected chi connectivity index (χ1v) is 11.9. The van der Waals surface area contributed by atoms with E-state index in [4.69, 9.17) is 0 Å². The van der Waals surface area contributed by atoms with Crippen molar-refractivity contribution >= 4 is 21.2 Å². The van der Waals surface area contributed by atoms with Crippen LogP contribution in [-0.2, 0) is 16.6 Å². The zero-order chi connectivity index (χ0) is 22.1. The van der Waals surface area contributed by atoms with E-state index in [9.17, 15) is 13.2 Å². The molecule has 9 nitrogen and oxygen atoms in total. The number of H-pyrrole nitrogens is 1. The number of nitrogens with one attached hydrogen (secondary N) is 1. The Kier molecular flexibility index (Phi) is 5.32. The van der Waals surface area contributed by atoms with Crippen LogP contribution < -0.4 is 5.56 Å². The minimum Gasteiger partial charge on any atom is -0.308 e. The second kappa shape index (κ2) is 8.29. The van der Waals surface area contributed by atoms with Crippen LogP contribution in [0.1, 0.15) is 30.1 Å². The summed E-state index contributed by atoms with van der Waals surface area (Å²) < 4.78 is 29.2.